The van der Waals surface area contributed by atoms with E-state index in [1.165, 1.54) is 6.92 Å². The maximum absolute atomic E-state index is 11.3. The number of esters is 1. The number of ketones is 1. The van der Waals surface area contributed by atoms with Gasteiger partial charge < -0.3 is 19.3 Å². The van der Waals surface area contributed by atoms with E-state index in [0.717, 1.165) is 0 Å². The fourth-order valence-electron chi connectivity index (χ4n) is 0.961. The minimum absolute atomic E-state index is 0.0754. The molecule has 0 radical (unpaired) electrons. The van der Waals surface area contributed by atoms with Crippen LogP contribution in [0.1, 0.15) is 13.8 Å². The van der Waals surface area contributed by atoms with Crippen LogP contribution >= 0.6 is 0 Å². The summed E-state index contributed by atoms with van der Waals surface area (Å²) in [5.41, 5.74) is 0. The molecule has 6 nitrogen and oxygen atoms in total. The van der Waals surface area contributed by atoms with Gasteiger partial charge in [0.05, 0.1) is 33.0 Å². The number of hydrogen-bond acceptors (Lipinski definition) is 6. The highest BCUT2D eigenvalue weighted by Gasteiger charge is 2.25. The number of ether oxygens (including phenoxy) is 3. The summed E-state index contributed by atoms with van der Waals surface area (Å²) in [6.45, 7) is 3.55. The third-order valence-corrected chi connectivity index (χ3v) is 1.62. The molecule has 0 aromatic heterocycles. The molecule has 1 N–H and O–H groups in total. The molecule has 0 amide bonds. The normalized spacial score (nSPS) is 12.2. The number of carbonyl (C=O) groups excluding carboxylic acids is 2. The topological polar surface area (TPSA) is 82.1 Å². The zero-order valence-electron chi connectivity index (χ0n) is 9.60. The summed E-state index contributed by atoms with van der Waals surface area (Å²) < 4.78 is 14.6. The Morgan fingerprint density at radius 3 is 2.44 bits per heavy atom. The fourth-order valence-corrected chi connectivity index (χ4v) is 0.961. The molecule has 0 heterocycles. The van der Waals surface area contributed by atoms with E-state index < -0.39 is 17.9 Å². The molecule has 0 bridgehead atoms. The SMILES string of the molecule is CCOC(=O)C(OCCOCCO)C(C)=O. The highest BCUT2D eigenvalue weighted by atomic mass is 16.6. The minimum atomic E-state index is -1.18. The van der Waals surface area contributed by atoms with Gasteiger partial charge in [-0.2, -0.15) is 0 Å². The first-order valence-electron chi connectivity index (χ1n) is 5.10. The number of Topliss-reactive ketones (excluding diaryl/α,β-unsaturated/α-hetero) is 1. The van der Waals surface area contributed by atoms with Crippen molar-refractivity contribution in [3.8, 4) is 0 Å². The van der Waals surface area contributed by atoms with Crippen molar-refractivity contribution in [3.05, 3.63) is 0 Å². The van der Waals surface area contributed by atoms with Gasteiger partial charge in [0, 0.05) is 0 Å². The number of carbonyl (C=O) groups is 2. The Bertz CT molecular complexity index is 215. The Kier molecular flexibility index (Phi) is 8.69. The van der Waals surface area contributed by atoms with Gasteiger partial charge in [0.15, 0.2) is 5.78 Å². The summed E-state index contributed by atoms with van der Waals surface area (Å²) in [7, 11) is 0. The summed E-state index contributed by atoms with van der Waals surface area (Å²) in [5, 5.41) is 8.43. The lowest BCUT2D eigenvalue weighted by molar-refractivity contribution is -0.161. The number of aliphatic hydroxyl groups excluding tert-OH is 1. The van der Waals surface area contributed by atoms with Crippen molar-refractivity contribution >= 4 is 11.8 Å². The van der Waals surface area contributed by atoms with Crippen molar-refractivity contribution in [2.45, 2.75) is 20.0 Å². The van der Waals surface area contributed by atoms with Crippen molar-refractivity contribution in [3.63, 3.8) is 0 Å². The minimum Gasteiger partial charge on any atom is -0.464 e. The highest BCUT2D eigenvalue weighted by molar-refractivity contribution is 6.00. The van der Waals surface area contributed by atoms with Crippen molar-refractivity contribution in [1.82, 2.24) is 0 Å². The van der Waals surface area contributed by atoms with Gasteiger partial charge in [-0.1, -0.05) is 0 Å². The molecular formula is C10H18O6. The van der Waals surface area contributed by atoms with Crippen LogP contribution in [0.2, 0.25) is 0 Å². The van der Waals surface area contributed by atoms with Crippen LogP contribution in [0.3, 0.4) is 0 Å². The lowest BCUT2D eigenvalue weighted by Gasteiger charge is -2.13. The van der Waals surface area contributed by atoms with Gasteiger partial charge in [-0.3, -0.25) is 4.79 Å². The molecule has 0 aromatic carbocycles. The molecule has 0 aliphatic rings. The van der Waals surface area contributed by atoms with Crippen LogP contribution in [0.25, 0.3) is 0 Å². The molecular weight excluding hydrogens is 216 g/mol. The molecule has 0 spiro atoms. The molecule has 0 fully saturated rings. The predicted molar refractivity (Wildman–Crippen MR) is 55.0 cm³/mol. The van der Waals surface area contributed by atoms with Crippen molar-refractivity contribution in [2.24, 2.45) is 0 Å². The van der Waals surface area contributed by atoms with E-state index in [4.69, 9.17) is 14.6 Å². The summed E-state index contributed by atoms with van der Waals surface area (Å²) in [5.74, 6) is -1.09. The van der Waals surface area contributed by atoms with Crippen LogP contribution in [0, 0.1) is 0 Å². The van der Waals surface area contributed by atoms with Crippen LogP contribution < -0.4 is 0 Å². The Balaban J connectivity index is 3.86. The standard InChI is InChI=1S/C10H18O6/c1-3-15-10(13)9(8(2)12)16-7-6-14-5-4-11/h9,11H,3-7H2,1-2H3. The van der Waals surface area contributed by atoms with Gasteiger partial charge in [-0.05, 0) is 13.8 Å². The summed E-state index contributed by atoms with van der Waals surface area (Å²) in [4.78, 5) is 22.3. The average molecular weight is 234 g/mol. The van der Waals surface area contributed by atoms with Gasteiger partial charge in [0.2, 0.25) is 6.10 Å². The molecule has 6 heteroatoms. The maximum Gasteiger partial charge on any atom is 0.343 e. The van der Waals surface area contributed by atoms with Gasteiger partial charge in [-0.25, -0.2) is 4.79 Å². The Morgan fingerprint density at radius 1 is 1.25 bits per heavy atom. The predicted octanol–water partition coefficient (Wildman–Crippen LogP) is -0.467. The van der Waals surface area contributed by atoms with Crippen LogP contribution in [0.15, 0.2) is 0 Å². The average Bonchev–Trinajstić information content (AvgIpc) is 2.23. The van der Waals surface area contributed by atoms with Crippen LogP contribution in [-0.4, -0.2) is 56.0 Å². The van der Waals surface area contributed by atoms with E-state index in [0.29, 0.717) is 0 Å². The highest BCUT2D eigenvalue weighted by Crippen LogP contribution is 1.98. The molecule has 1 atom stereocenters. The Labute approximate surface area is 94.5 Å². The van der Waals surface area contributed by atoms with Crippen molar-refractivity contribution in [2.75, 3.05) is 33.0 Å². The summed E-state index contributed by atoms with van der Waals surface area (Å²) >= 11 is 0. The van der Waals surface area contributed by atoms with Crippen LogP contribution in [0.4, 0.5) is 0 Å². The molecule has 0 saturated heterocycles. The zero-order valence-corrected chi connectivity index (χ0v) is 9.60. The third-order valence-electron chi connectivity index (χ3n) is 1.62. The maximum atomic E-state index is 11.3. The first-order chi connectivity index (χ1) is 7.63. The number of aliphatic hydroxyl groups is 1. The lowest BCUT2D eigenvalue weighted by Crippen LogP contribution is -2.34. The van der Waals surface area contributed by atoms with Crippen molar-refractivity contribution in [1.29, 1.82) is 0 Å². The first kappa shape index (κ1) is 15.0. The van der Waals surface area contributed by atoms with E-state index >= 15 is 0 Å². The van der Waals surface area contributed by atoms with Crippen LogP contribution in [0.5, 0.6) is 0 Å². The summed E-state index contributed by atoms with van der Waals surface area (Å²) in [6, 6.07) is 0. The van der Waals surface area contributed by atoms with Gasteiger partial charge in [0.25, 0.3) is 0 Å². The smallest absolute Gasteiger partial charge is 0.343 e. The Morgan fingerprint density at radius 2 is 1.94 bits per heavy atom. The van der Waals surface area contributed by atoms with E-state index in [1.54, 1.807) is 6.92 Å². The molecule has 94 valence electrons. The van der Waals surface area contributed by atoms with E-state index in [1.807, 2.05) is 0 Å². The fraction of sp³-hybridized carbons (Fsp3) is 0.800. The molecule has 0 rings (SSSR count). The first-order valence-corrected chi connectivity index (χ1v) is 5.10. The van der Waals surface area contributed by atoms with Gasteiger partial charge in [0.1, 0.15) is 0 Å². The van der Waals surface area contributed by atoms with Gasteiger partial charge in [-0.15, -0.1) is 0 Å². The molecule has 16 heavy (non-hydrogen) atoms. The number of rotatable bonds is 9. The van der Waals surface area contributed by atoms with E-state index in [-0.39, 0.29) is 33.0 Å². The Hall–Kier alpha value is -0.980. The second-order valence-corrected chi connectivity index (χ2v) is 2.95. The molecule has 0 aliphatic carbocycles. The number of hydrogen-bond donors (Lipinski definition) is 1. The molecule has 1 unspecified atom stereocenters. The lowest BCUT2D eigenvalue weighted by atomic mass is 10.2. The summed E-state index contributed by atoms with van der Waals surface area (Å²) in [6.07, 6.45) is -1.18. The zero-order chi connectivity index (χ0) is 12.4. The second kappa shape index (κ2) is 9.26. The largest absolute Gasteiger partial charge is 0.464 e. The second-order valence-electron chi connectivity index (χ2n) is 2.95. The molecule has 0 saturated carbocycles. The monoisotopic (exact) mass is 234 g/mol. The van der Waals surface area contributed by atoms with Crippen molar-refractivity contribution < 1.29 is 28.9 Å². The van der Waals surface area contributed by atoms with E-state index in [2.05, 4.69) is 4.74 Å². The quantitative estimate of drug-likeness (QED) is 0.330. The third kappa shape index (κ3) is 6.49. The van der Waals surface area contributed by atoms with E-state index in [9.17, 15) is 9.59 Å². The molecule has 0 aliphatic heterocycles. The van der Waals surface area contributed by atoms with Crippen LogP contribution in [-0.2, 0) is 23.8 Å². The van der Waals surface area contributed by atoms with Gasteiger partial charge >= 0.3 is 5.97 Å². The molecule has 0 aromatic rings.